The molecular formula is C18H19NO7S2. The molecule has 0 radical (unpaired) electrons. The van der Waals surface area contributed by atoms with Crippen LogP contribution in [0.2, 0.25) is 0 Å². The average molecular weight is 425 g/mol. The van der Waals surface area contributed by atoms with E-state index >= 15 is 0 Å². The van der Waals surface area contributed by atoms with Crippen LogP contribution in [-0.2, 0) is 24.4 Å². The van der Waals surface area contributed by atoms with Gasteiger partial charge in [-0.25, -0.2) is 12.6 Å². The van der Waals surface area contributed by atoms with Gasteiger partial charge in [0.05, 0.1) is 16.8 Å². The third-order valence-electron chi connectivity index (χ3n) is 3.96. The Morgan fingerprint density at radius 1 is 1.14 bits per heavy atom. The predicted molar refractivity (Wildman–Crippen MR) is 104 cm³/mol. The van der Waals surface area contributed by atoms with Crippen LogP contribution in [0, 0.1) is 0 Å². The van der Waals surface area contributed by atoms with Gasteiger partial charge in [-0.2, -0.15) is 8.42 Å². The average Bonchev–Trinajstić information content (AvgIpc) is 2.64. The van der Waals surface area contributed by atoms with Gasteiger partial charge in [-0.05, 0) is 35.7 Å². The van der Waals surface area contributed by atoms with Gasteiger partial charge in [0.25, 0.3) is 0 Å². The minimum absolute atomic E-state index is 0.0407. The maximum absolute atomic E-state index is 12.9. The monoisotopic (exact) mass is 425 g/mol. The van der Waals surface area contributed by atoms with Gasteiger partial charge in [-0.15, -0.1) is 6.58 Å². The Bertz CT molecular complexity index is 1090. The SMILES string of the molecule is C=CC(CCOS(=O)(=O)O)S(=O)(=O)c1cccc(-c2ccccc2C(N)=O)c1. The number of rotatable bonds is 9. The fourth-order valence-electron chi connectivity index (χ4n) is 2.63. The van der Waals surface area contributed by atoms with Gasteiger partial charge in [0.15, 0.2) is 9.84 Å². The van der Waals surface area contributed by atoms with Gasteiger partial charge in [0.2, 0.25) is 5.91 Å². The zero-order chi connectivity index (χ0) is 20.9. The van der Waals surface area contributed by atoms with E-state index in [9.17, 15) is 21.6 Å². The van der Waals surface area contributed by atoms with Gasteiger partial charge in [-0.1, -0.05) is 36.4 Å². The number of hydrogen-bond donors (Lipinski definition) is 2. The normalized spacial score (nSPS) is 13.0. The largest absolute Gasteiger partial charge is 0.397 e. The van der Waals surface area contributed by atoms with Crippen molar-refractivity contribution in [3.8, 4) is 11.1 Å². The minimum atomic E-state index is -4.67. The lowest BCUT2D eigenvalue weighted by atomic mass is 9.99. The lowest BCUT2D eigenvalue weighted by molar-refractivity contribution is 0.100. The molecule has 28 heavy (non-hydrogen) atoms. The summed E-state index contributed by atoms with van der Waals surface area (Å²) in [5, 5.41) is -1.14. The number of sulfone groups is 1. The van der Waals surface area contributed by atoms with Crippen molar-refractivity contribution in [3.05, 3.63) is 66.7 Å². The Kier molecular flexibility index (Phi) is 6.73. The number of benzene rings is 2. The molecule has 0 spiro atoms. The second kappa shape index (κ2) is 8.65. The summed E-state index contributed by atoms with van der Waals surface area (Å²) in [6.07, 6.45) is 0.931. The van der Waals surface area contributed by atoms with Crippen molar-refractivity contribution in [1.29, 1.82) is 0 Å². The highest BCUT2D eigenvalue weighted by Crippen LogP contribution is 2.28. The summed E-state index contributed by atoms with van der Waals surface area (Å²) < 4.78 is 59.8. The molecule has 0 fully saturated rings. The predicted octanol–water partition coefficient (Wildman–Crippen LogP) is 1.99. The lowest BCUT2D eigenvalue weighted by Gasteiger charge is -2.15. The van der Waals surface area contributed by atoms with E-state index in [0.29, 0.717) is 11.1 Å². The van der Waals surface area contributed by atoms with Crippen LogP contribution in [-0.4, -0.2) is 39.2 Å². The molecule has 8 nitrogen and oxygen atoms in total. The number of primary amides is 1. The number of amides is 1. The molecule has 1 unspecified atom stereocenters. The molecule has 3 N–H and O–H groups in total. The number of carbonyl (C=O) groups excluding carboxylic acids is 1. The van der Waals surface area contributed by atoms with Gasteiger partial charge < -0.3 is 5.73 Å². The van der Waals surface area contributed by atoms with Gasteiger partial charge in [-0.3, -0.25) is 9.35 Å². The molecule has 2 aromatic carbocycles. The summed E-state index contributed by atoms with van der Waals surface area (Å²) in [4.78, 5) is 11.6. The fraction of sp³-hybridized carbons (Fsp3) is 0.167. The summed E-state index contributed by atoms with van der Waals surface area (Å²) in [7, 11) is -8.59. The summed E-state index contributed by atoms with van der Waals surface area (Å²) in [6, 6.07) is 12.5. The molecule has 0 aliphatic rings. The Morgan fingerprint density at radius 3 is 2.43 bits per heavy atom. The third-order valence-corrected chi connectivity index (χ3v) is 6.56. The van der Waals surface area contributed by atoms with E-state index < -0.39 is 38.0 Å². The van der Waals surface area contributed by atoms with Crippen molar-refractivity contribution in [2.75, 3.05) is 6.61 Å². The molecule has 0 saturated carbocycles. The minimum Gasteiger partial charge on any atom is -0.366 e. The Labute approximate surface area is 163 Å². The molecule has 2 aromatic rings. The van der Waals surface area contributed by atoms with Crippen LogP contribution in [0.25, 0.3) is 11.1 Å². The molecule has 150 valence electrons. The van der Waals surface area contributed by atoms with Crippen molar-refractivity contribution in [3.63, 3.8) is 0 Å². The van der Waals surface area contributed by atoms with Crippen LogP contribution < -0.4 is 5.73 Å². The van der Waals surface area contributed by atoms with E-state index in [-0.39, 0.29) is 16.9 Å². The lowest BCUT2D eigenvalue weighted by Crippen LogP contribution is -2.22. The van der Waals surface area contributed by atoms with Crippen LogP contribution in [0.15, 0.2) is 66.1 Å². The van der Waals surface area contributed by atoms with E-state index in [1.807, 2.05) is 0 Å². The van der Waals surface area contributed by atoms with Crippen molar-refractivity contribution < 1.29 is 30.4 Å². The topological polar surface area (TPSA) is 141 Å². The summed E-state index contributed by atoms with van der Waals surface area (Å²) >= 11 is 0. The van der Waals surface area contributed by atoms with Crippen LogP contribution >= 0.6 is 0 Å². The van der Waals surface area contributed by atoms with Crippen molar-refractivity contribution in [1.82, 2.24) is 0 Å². The summed E-state index contributed by atoms with van der Waals surface area (Å²) in [6.45, 7) is 2.95. The highest BCUT2D eigenvalue weighted by Gasteiger charge is 2.26. The van der Waals surface area contributed by atoms with Crippen LogP contribution in [0.1, 0.15) is 16.8 Å². The standard InChI is InChI=1S/C18H19NO7S2/c1-2-14(10-11-26-28(23,24)25)27(21,22)15-7-5-6-13(12-15)16-8-3-4-9-17(16)18(19)20/h2-9,12,14H,1,10-11H2,(H2,19,20)(H,23,24,25). The molecular weight excluding hydrogens is 406 g/mol. The quantitative estimate of drug-likeness (QED) is 0.462. The Hall–Kier alpha value is -2.53. The van der Waals surface area contributed by atoms with E-state index in [2.05, 4.69) is 10.8 Å². The molecule has 0 heterocycles. The highest BCUT2D eigenvalue weighted by atomic mass is 32.3. The van der Waals surface area contributed by atoms with Gasteiger partial charge in [0, 0.05) is 5.56 Å². The molecule has 1 amide bonds. The first-order chi connectivity index (χ1) is 13.1. The van der Waals surface area contributed by atoms with Gasteiger partial charge in [0.1, 0.15) is 0 Å². The van der Waals surface area contributed by atoms with E-state index in [1.165, 1.54) is 24.3 Å². The first-order valence-electron chi connectivity index (χ1n) is 8.04. The highest BCUT2D eigenvalue weighted by molar-refractivity contribution is 7.92. The molecule has 1 atom stereocenters. The second-order valence-electron chi connectivity index (χ2n) is 5.80. The maximum Gasteiger partial charge on any atom is 0.397 e. The smallest absolute Gasteiger partial charge is 0.366 e. The molecule has 0 aliphatic carbocycles. The molecule has 10 heteroatoms. The van der Waals surface area contributed by atoms with Crippen molar-refractivity contribution >= 4 is 26.1 Å². The zero-order valence-electron chi connectivity index (χ0n) is 14.7. The van der Waals surface area contributed by atoms with Gasteiger partial charge >= 0.3 is 10.4 Å². The van der Waals surface area contributed by atoms with E-state index in [4.69, 9.17) is 10.3 Å². The molecule has 0 aromatic heterocycles. The van der Waals surface area contributed by atoms with Crippen LogP contribution in [0.5, 0.6) is 0 Å². The third kappa shape index (κ3) is 5.26. The number of carbonyl (C=O) groups is 1. The number of nitrogens with two attached hydrogens (primary N) is 1. The van der Waals surface area contributed by atoms with E-state index in [1.54, 1.807) is 24.3 Å². The Morgan fingerprint density at radius 2 is 1.82 bits per heavy atom. The van der Waals surface area contributed by atoms with Crippen molar-refractivity contribution in [2.45, 2.75) is 16.6 Å². The first kappa shape index (κ1) is 21.8. The van der Waals surface area contributed by atoms with Crippen molar-refractivity contribution in [2.24, 2.45) is 5.73 Å². The molecule has 2 rings (SSSR count). The maximum atomic E-state index is 12.9. The molecule has 0 saturated heterocycles. The van der Waals surface area contributed by atoms with Crippen LogP contribution in [0.3, 0.4) is 0 Å². The second-order valence-corrected chi connectivity index (χ2v) is 9.05. The van der Waals surface area contributed by atoms with Crippen LogP contribution in [0.4, 0.5) is 0 Å². The molecule has 0 aliphatic heterocycles. The fourth-order valence-corrected chi connectivity index (χ4v) is 4.51. The molecule has 0 bridgehead atoms. The summed E-state index contributed by atoms with van der Waals surface area (Å²) in [5.74, 6) is -0.643. The first-order valence-corrected chi connectivity index (χ1v) is 10.9. The number of hydrogen-bond acceptors (Lipinski definition) is 6. The van der Waals surface area contributed by atoms with E-state index in [0.717, 1.165) is 6.08 Å². The Balaban J connectivity index is 2.38. The zero-order valence-corrected chi connectivity index (χ0v) is 16.3. The summed E-state index contributed by atoms with van der Waals surface area (Å²) in [5.41, 5.74) is 6.59.